The average Bonchev–Trinajstić information content (AvgIpc) is 3.62. The molecule has 6 rings (SSSR count). The van der Waals surface area contributed by atoms with Crippen LogP contribution in [0, 0.1) is 0 Å². The van der Waals surface area contributed by atoms with E-state index in [1.807, 2.05) is 73.3 Å². The van der Waals surface area contributed by atoms with Gasteiger partial charge in [0, 0.05) is 85.1 Å². The second-order valence-corrected chi connectivity index (χ2v) is 12.7. The summed E-state index contributed by atoms with van der Waals surface area (Å²) in [5.41, 5.74) is 7.52. The molecule has 3 aromatic heterocycles. The van der Waals surface area contributed by atoms with Crippen molar-refractivity contribution in [1.29, 1.82) is 0 Å². The van der Waals surface area contributed by atoms with Gasteiger partial charge in [0.05, 0.1) is 35.1 Å². The molecule has 0 spiro atoms. The largest absolute Gasteiger partial charge is 0.481 e. The zero-order valence-corrected chi connectivity index (χ0v) is 28.2. The number of aryl methyl sites for hydroxylation is 1. The summed E-state index contributed by atoms with van der Waals surface area (Å²) in [6.45, 7) is 2.67. The number of aliphatic hydroxyl groups excluding tert-OH is 1. The van der Waals surface area contributed by atoms with Crippen molar-refractivity contribution in [2.75, 3.05) is 33.9 Å². The first-order chi connectivity index (χ1) is 22.8. The van der Waals surface area contributed by atoms with Crippen molar-refractivity contribution in [1.82, 2.24) is 30.1 Å². The molecule has 47 heavy (non-hydrogen) atoms. The van der Waals surface area contributed by atoms with Crippen LogP contribution in [-0.4, -0.2) is 70.3 Å². The topological polar surface area (TPSA) is 105 Å². The third kappa shape index (κ3) is 7.00. The van der Waals surface area contributed by atoms with E-state index in [2.05, 4.69) is 27.8 Å². The van der Waals surface area contributed by atoms with Gasteiger partial charge in [-0.3, -0.25) is 9.69 Å². The van der Waals surface area contributed by atoms with Crippen LogP contribution < -0.4 is 15.4 Å². The minimum Gasteiger partial charge on any atom is -0.481 e. The van der Waals surface area contributed by atoms with E-state index in [-0.39, 0.29) is 18.6 Å². The summed E-state index contributed by atoms with van der Waals surface area (Å²) in [4.78, 5) is 23.4. The number of rotatable bonds is 12. The van der Waals surface area contributed by atoms with E-state index in [4.69, 9.17) is 37.9 Å². The molecule has 1 amide bonds. The Kier molecular flexibility index (Phi) is 10.1. The second kappa shape index (κ2) is 14.4. The highest BCUT2D eigenvalue weighted by Crippen LogP contribution is 2.42. The summed E-state index contributed by atoms with van der Waals surface area (Å²) in [5, 5.41) is 17.8. The van der Waals surface area contributed by atoms with Gasteiger partial charge in [-0.25, -0.2) is 9.97 Å². The monoisotopic (exact) mass is 672 g/mol. The summed E-state index contributed by atoms with van der Waals surface area (Å²) < 4.78 is 7.67. The predicted octanol–water partition coefficient (Wildman–Crippen LogP) is 6.08. The zero-order chi connectivity index (χ0) is 33.1. The number of methoxy groups -OCH3 is 1. The van der Waals surface area contributed by atoms with Gasteiger partial charge in [0.15, 0.2) is 0 Å². The molecule has 5 aromatic rings. The van der Waals surface area contributed by atoms with E-state index in [1.165, 1.54) is 0 Å². The molecule has 1 aliphatic heterocycles. The van der Waals surface area contributed by atoms with Gasteiger partial charge < -0.3 is 25.0 Å². The van der Waals surface area contributed by atoms with Crippen LogP contribution in [0.1, 0.15) is 24.0 Å². The highest BCUT2D eigenvalue weighted by Gasteiger charge is 2.21. The van der Waals surface area contributed by atoms with Crippen molar-refractivity contribution in [2.45, 2.75) is 32.0 Å². The standard InChI is InChI=1S/C36H38Cl2N6O3/c1-43(16-17-45)20-23-21-44(2)35-25(23)12-14-30(41-35)28-8-4-6-26(33(28)37)27-7-5-9-29(34(27)38)31-13-10-22(36(42-31)47-3)18-39-19-24-11-15-32(46)40-24/h4-10,12-14,21,24,39,45H,11,15-20H2,1-3H3,(H,40,46). The number of fused-ring (bicyclic) bond motifs is 1. The number of aliphatic hydroxyl groups is 1. The lowest BCUT2D eigenvalue weighted by Gasteiger charge is -2.16. The van der Waals surface area contributed by atoms with Crippen LogP contribution in [0.2, 0.25) is 10.0 Å². The van der Waals surface area contributed by atoms with Gasteiger partial charge >= 0.3 is 0 Å². The van der Waals surface area contributed by atoms with Crippen molar-refractivity contribution in [3.05, 3.63) is 88.0 Å². The number of ether oxygens (including phenoxy) is 1. The molecule has 1 saturated heterocycles. The first-order valence-electron chi connectivity index (χ1n) is 15.6. The molecule has 0 aliphatic carbocycles. The quantitative estimate of drug-likeness (QED) is 0.148. The molecule has 1 atom stereocenters. The molecular weight excluding hydrogens is 635 g/mol. The number of likely N-dealkylation sites (N-methyl/N-ethyl adjacent to an activating group) is 1. The van der Waals surface area contributed by atoms with Gasteiger partial charge in [-0.1, -0.05) is 65.7 Å². The van der Waals surface area contributed by atoms with E-state index < -0.39 is 0 Å². The van der Waals surface area contributed by atoms with Crippen molar-refractivity contribution >= 4 is 40.1 Å². The number of aromatic nitrogens is 3. The molecule has 0 bridgehead atoms. The van der Waals surface area contributed by atoms with E-state index in [1.54, 1.807) is 7.11 Å². The van der Waals surface area contributed by atoms with Crippen molar-refractivity contribution < 1.29 is 14.6 Å². The SMILES string of the molecule is COc1nc(-c2cccc(-c3cccc(-c4ccc5c(CN(C)CCO)cn(C)c5n4)c3Cl)c2Cl)ccc1CNCC1CCC(=O)N1. The van der Waals surface area contributed by atoms with Crippen molar-refractivity contribution in [3.8, 4) is 39.5 Å². The number of pyridine rings is 2. The summed E-state index contributed by atoms with van der Waals surface area (Å²) in [5.74, 6) is 0.615. The molecule has 0 saturated carbocycles. The molecule has 4 heterocycles. The Morgan fingerprint density at radius 1 is 0.979 bits per heavy atom. The lowest BCUT2D eigenvalue weighted by atomic mass is 9.98. The number of amides is 1. The average molecular weight is 674 g/mol. The molecule has 2 aromatic carbocycles. The fraction of sp³-hybridized carbons (Fsp3) is 0.306. The molecule has 244 valence electrons. The number of hydrogen-bond acceptors (Lipinski definition) is 7. The van der Waals surface area contributed by atoms with E-state index in [9.17, 15) is 9.90 Å². The summed E-state index contributed by atoms with van der Waals surface area (Å²) in [7, 11) is 5.58. The van der Waals surface area contributed by atoms with Crippen LogP contribution in [-0.2, 0) is 24.9 Å². The summed E-state index contributed by atoms with van der Waals surface area (Å²) in [6, 6.07) is 19.9. The number of nitrogens with zero attached hydrogens (tertiary/aromatic N) is 4. The Bertz CT molecular complexity index is 1930. The van der Waals surface area contributed by atoms with E-state index >= 15 is 0 Å². The fourth-order valence-corrected chi connectivity index (χ4v) is 6.82. The lowest BCUT2D eigenvalue weighted by molar-refractivity contribution is -0.119. The van der Waals surface area contributed by atoms with Crippen molar-refractivity contribution in [2.24, 2.45) is 7.05 Å². The van der Waals surface area contributed by atoms with E-state index in [0.29, 0.717) is 54.2 Å². The summed E-state index contributed by atoms with van der Waals surface area (Å²) >= 11 is 14.2. The minimum absolute atomic E-state index is 0.103. The Hall–Kier alpha value is -3.99. The highest BCUT2D eigenvalue weighted by molar-refractivity contribution is 6.39. The molecule has 9 nitrogen and oxygen atoms in total. The first-order valence-corrected chi connectivity index (χ1v) is 16.4. The molecule has 1 unspecified atom stereocenters. The van der Waals surface area contributed by atoms with E-state index in [0.717, 1.165) is 56.5 Å². The maximum Gasteiger partial charge on any atom is 0.220 e. The zero-order valence-electron chi connectivity index (χ0n) is 26.7. The third-order valence-corrected chi connectivity index (χ3v) is 9.40. The molecule has 3 N–H and O–H groups in total. The van der Waals surface area contributed by atoms with Gasteiger partial charge in [0.25, 0.3) is 0 Å². The maximum absolute atomic E-state index is 11.5. The second-order valence-electron chi connectivity index (χ2n) is 11.9. The van der Waals surface area contributed by atoms with Crippen LogP contribution in [0.3, 0.4) is 0 Å². The van der Waals surface area contributed by atoms with Gasteiger partial charge in [-0.15, -0.1) is 0 Å². The first kappa shape index (κ1) is 32.9. The maximum atomic E-state index is 11.5. The number of benzene rings is 2. The highest BCUT2D eigenvalue weighted by atomic mass is 35.5. The molecular formula is C36H38Cl2N6O3. The number of nitrogens with one attached hydrogen (secondary N) is 2. The molecule has 11 heteroatoms. The molecule has 0 radical (unpaired) electrons. The third-order valence-electron chi connectivity index (χ3n) is 8.59. The van der Waals surface area contributed by atoms with Crippen LogP contribution in [0.25, 0.3) is 44.7 Å². The molecule has 1 fully saturated rings. The summed E-state index contributed by atoms with van der Waals surface area (Å²) in [6.07, 6.45) is 3.50. The van der Waals surface area contributed by atoms with Gasteiger partial charge in [0.1, 0.15) is 5.65 Å². The van der Waals surface area contributed by atoms with Crippen LogP contribution >= 0.6 is 23.2 Å². The van der Waals surface area contributed by atoms with Crippen LogP contribution in [0.15, 0.2) is 66.9 Å². The number of hydrogen-bond donors (Lipinski definition) is 3. The van der Waals surface area contributed by atoms with Crippen LogP contribution in [0.5, 0.6) is 5.88 Å². The number of halogens is 2. The lowest BCUT2D eigenvalue weighted by Crippen LogP contribution is -2.35. The minimum atomic E-state index is 0.103. The van der Waals surface area contributed by atoms with Gasteiger partial charge in [-0.2, -0.15) is 0 Å². The number of carbonyl (C=O) groups excluding carboxylic acids is 1. The van der Waals surface area contributed by atoms with Crippen LogP contribution in [0.4, 0.5) is 0 Å². The van der Waals surface area contributed by atoms with Gasteiger partial charge in [0.2, 0.25) is 11.8 Å². The van der Waals surface area contributed by atoms with Crippen molar-refractivity contribution in [3.63, 3.8) is 0 Å². The Morgan fingerprint density at radius 3 is 2.28 bits per heavy atom. The van der Waals surface area contributed by atoms with Gasteiger partial charge in [-0.05, 0) is 37.2 Å². The Labute approximate surface area is 284 Å². The number of carbonyl (C=O) groups is 1. The molecule has 1 aliphatic rings. The predicted molar refractivity (Wildman–Crippen MR) is 188 cm³/mol. The smallest absolute Gasteiger partial charge is 0.220 e. The Morgan fingerprint density at radius 2 is 1.64 bits per heavy atom. The Balaban J connectivity index is 1.27. The fourth-order valence-electron chi connectivity index (χ4n) is 6.17. The normalized spacial score (nSPS) is 14.7.